The number of aromatic nitrogens is 2. The zero-order valence-corrected chi connectivity index (χ0v) is 7.35. The normalized spacial score (nSPS) is 17.4. The van der Waals surface area contributed by atoms with E-state index in [4.69, 9.17) is 5.73 Å². The van der Waals surface area contributed by atoms with Crippen molar-refractivity contribution in [3.63, 3.8) is 0 Å². The van der Waals surface area contributed by atoms with Gasteiger partial charge in [0, 0.05) is 12.1 Å². The minimum atomic E-state index is 0.539. The minimum absolute atomic E-state index is 0.539. The van der Waals surface area contributed by atoms with Crippen LogP contribution in [0.2, 0.25) is 0 Å². The van der Waals surface area contributed by atoms with E-state index in [1.54, 1.807) is 6.20 Å². The molecular weight excluding hydrogens is 164 g/mol. The van der Waals surface area contributed by atoms with Crippen LogP contribution in [0.4, 0.5) is 0 Å². The summed E-state index contributed by atoms with van der Waals surface area (Å²) in [5.41, 5.74) is 6.60. The van der Waals surface area contributed by atoms with E-state index in [0.29, 0.717) is 12.5 Å². The quantitative estimate of drug-likeness (QED) is 0.545. The van der Waals surface area contributed by atoms with Crippen LogP contribution in [0.15, 0.2) is 23.3 Å². The molecule has 2 rings (SSSR count). The second kappa shape index (κ2) is 3.51. The average Bonchev–Trinajstić information content (AvgIpc) is 2.99. The summed E-state index contributed by atoms with van der Waals surface area (Å²) in [6, 6.07) is 3.75. The van der Waals surface area contributed by atoms with E-state index >= 15 is 0 Å². The van der Waals surface area contributed by atoms with Crippen molar-refractivity contribution in [3.05, 3.63) is 24.0 Å². The zero-order valence-electron chi connectivity index (χ0n) is 7.35. The molecule has 68 valence electrons. The van der Waals surface area contributed by atoms with Crippen LogP contribution in [0.5, 0.6) is 0 Å². The Kier molecular flexibility index (Phi) is 2.21. The molecule has 1 heterocycles. The topological polar surface area (TPSA) is 64.2 Å². The van der Waals surface area contributed by atoms with Crippen molar-refractivity contribution in [1.82, 2.24) is 10.2 Å². The fraction of sp³-hybridized carbons (Fsp3) is 0.444. The van der Waals surface area contributed by atoms with Crippen LogP contribution in [-0.4, -0.2) is 16.0 Å². The van der Waals surface area contributed by atoms with Gasteiger partial charge in [-0.25, -0.2) is 0 Å². The number of hydrogen-bond donors (Lipinski definition) is 1. The second-order valence-electron chi connectivity index (χ2n) is 3.23. The molecule has 1 fully saturated rings. The Bertz CT molecular complexity index is 303. The van der Waals surface area contributed by atoms with E-state index in [0.717, 1.165) is 11.5 Å². The lowest BCUT2D eigenvalue weighted by Gasteiger charge is -1.96. The Labute approximate surface area is 76.9 Å². The van der Waals surface area contributed by atoms with E-state index in [1.807, 2.05) is 12.1 Å². The first-order valence-corrected chi connectivity index (χ1v) is 4.42. The molecule has 4 nitrogen and oxygen atoms in total. The van der Waals surface area contributed by atoms with Gasteiger partial charge in [0.2, 0.25) is 0 Å². The smallest absolute Gasteiger partial charge is 0.0973 e. The van der Waals surface area contributed by atoms with Gasteiger partial charge in [0.25, 0.3) is 0 Å². The molecule has 0 aromatic carbocycles. The Morgan fingerprint density at radius 2 is 2.46 bits per heavy atom. The summed E-state index contributed by atoms with van der Waals surface area (Å²) >= 11 is 0. The molecule has 4 heteroatoms. The van der Waals surface area contributed by atoms with E-state index in [9.17, 15) is 0 Å². The molecule has 1 aromatic rings. The molecule has 0 atom stereocenters. The third kappa shape index (κ3) is 2.24. The third-order valence-electron chi connectivity index (χ3n) is 2.05. The maximum absolute atomic E-state index is 5.73. The van der Waals surface area contributed by atoms with Crippen LogP contribution in [-0.2, 0) is 6.54 Å². The molecule has 13 heavy (non-hydrogen) atoms. The highest BCUT2D eigenvalue weighted by Gasteiger charge is 2.25. The van der Waals surface area contributed by atoms with Gasteiger partial charge in [-0.05, 0) is 25.0 Å². The molecule has 1 aliphatic rings. The SMILES string of the molecule is NC(=NCc1cccnn1)C1CC1. The average molecular weight is 176 g/mol. The monoisotopic (exact) mass is 176 g/mol. The number of nitrogens with two attached hydrogens (primary N) is 1. The van der Waals surface area contributed by atoms with Gasteiger partial charge in [0.1, 0.15) is 0 Å². The van der Waals surface area contributed by atoms with Gasteiger partial charge in [-0.1, -0.05) is 0 Å². The van der Waals surface area contributed by atoms with Crippen molar-refractivity contribution in [2.75, 3.05) is 0 Å². The molecule has 2 N–H and O–H groups in total. The Hall–Kier alpha value is -1.45. The molecule has 0 radical (unpaired) electrons. The summed E-state index contributed by atoms with van der Waals surface area (Å²) in [7, 11) is 0. The number of nitrogens with zero attached hydrogens (tertiary/aromatic N) is 3. The Balaban J connectivity index is 1.95. The zero-order chi connectivity index (χ0) is 9.10. The summed E-state index contributed by atoms with van der Waals surface area (Å²) in [4.78, 5) is 4.25. The lowest BCUT2D eigenvalue weighted by atomic mass is 10.3. The van der Waals surface area contributed by atoms with E-state index < -0.39 is 0 Å². The fourth-order valence-corrected chi connectivity index (χ4v) is 1.10. The van der Waals surface area contributed by atoms with Crippen LogP contribution in [0.3, 0.4) is 0 Å². The highest BCUT2D eigenvalue weighted by atomic mass is 15.1. The maximum Gasteiger partial charge on any atom is 0.0973 e. The third-order valence-corrected chi connectivity index (χ3v) is 2.05. The number of rotatable bonds is 3. The lowest BCUT2D eigenvalue weighted by molar-refractivity contribution is 0.890. The van der Waals surface area contributed by atoms with Crippen LogP contribution in [0.25, 0.3) is 0 Å². The van der Waals surface area contributed by atoms with Gasteiger partial charge in [-0.2, -0.15) is 10.2 Å². The number of amidine groups is 1. The van der Waals surface area contributed by atoms with Crippen molar-refractivity contribution < 1.29 is 0 Å². The molecule has 0 bridgehead atoms. The maximum atomic E-state index is 5.73. The van der Waals surface area contributed by atoms with Crippen molar-refractivity contribution in [2.24, 2.45) is 16.6 Å². The first kappa shape index (κ1) is 8.16. The predicted molar refractivity (Wildman–Crippen MR) is 50.1 cm³/mol. The van der Waals surface area contributed by atoms with Gasteiger partial charge < -0.3 is 5.73 Å². The van der Waals surface area contributed by atoms with Crippen molar-refractivity contribution >= 4 is 5.84 Å². The molecule has 0 spiro atoms. The lowest BCUT2D eigenvalue weighted by Crippen LogP contribution is -2.14. The molecule has 1 aromatic heterocycles. The van der Waals surface area contributed by atoms with Crippen LogP contribution >= 0.6 is 0 Å². The molecule has 0 amide bonds. The van der Waals surface area contributed by atoms with Crippen molar-refractivity contribution in [1.29, 1.82) is 0 Å². The Morgan fingerprint density at radius 3 is 3.08 bits per heavy atom. The first-order valence-electron chi connectivity index (χ1n) is 4.42. The number of aliphatic imine (C=N–C) groups is 1. The summed E-state index contributed by atoms with van der Waals surface area (Å²) < 4.78 is 0. The molecular formula is C9H12N4. The fourth-order valence-electron chi connectivity index (χ4n) is 1.10. The van der Waals surface area contributed by atoms with E-state index in [1.165, 1.54) is 12.8 Å². The Morgan fingerprint density at radius 1 is 1.62 bits per heavy atom. The van der Waals surface area contributed by atoms with Crippen molar-refractivity contribution in [3.8, 4) is 0 Å². The number of hydrogen-bond acceptors (Lipinski definition) is 3. The molecule has 0 aliphatic heterocycles. The summed E-state index contributed by atoms with van der Waals surface area (Å²) in [5, 5.41) is 7.68. The van der Waals surface area contributed by atoms with Crippen molar-refractivity contribution in [2.45, 2.75) is 19.4 Å². The molecule has 0 saturated heterocycles. The van der Waals surface area contributed by atoms with Crippen LogP contribution in [0, 0.1) is 5.92 Å². The van der Waals surface area contributed by atoms with Gasteiger partial charge >= 0.3 is 0 Å². The van der Waals surface area contributed by atoms with Gasteiger partial charge in [-0.3, -0.25) is 4.99 Å². The molecule has 1 aliphatic carbocycles. The summed E-state index contributed by atoms with van der Waals surface area (Å²) in [6.45, 7) is 0.552. The highest BCUT2D eigenvalue weighted by molar-refractivity contribution is 5.84. The van der Waals surface area contributed by atoms with E-state index in [2.05, 4.69) is 15.2 Å². The highest BCUT2D eigenvalue weighted by Crippen LogP contribution is 2.28. The largest absolute Gasteiger partial charge is 0.387 e. The van der Waals surface area contributed by atoms with Gasteiger partial charge in [0.05, 0.1) is 18.1 Å². The van der Waals surface area contributed by atoms with E-state index in [-0.39, 0.29) is 0 Å². The second-order valence-corrected chi connectivity index (χ2v) is 3.23. The first-order chi connectivity index (χ1) is 6.36. The summed E-state index contributed by atoms with van der Waals surface area (Å²) in [6.07, 6.45) is 4.03. The molecule has 0 unspecified atom stereocenters. The van der Waals surface area contributed by atoms with Crippen LogP contribution < -0.4 is 5.73 Å². The summed E-state index contributed by atoms with van der Waals surface area (Å²) in [5.74, 6) is 1.31. The van der Waals surface area contributed by atoms with Crippen LogP contribution in [0.1, 0.15) is 18.5 Å². The minimum Gasteiger partial charge on any atom is -0.387 e. The molecule has 1 saturated carbocycles. The van der Waals surface area contributed by atoms with Gasteiger partial charge in [0.15, 0.2) is 0 Å². The van der Waals surface area contributed by atoms with Gasteiger partial charge in [-0.15, -0.1) is 0 Å². The predicted octanol–water partition coefficient (Wildman–Crippen LogP) is 0.744. The standard InChI is InChI=1S/C9H12N4/c10-9(7-3-4-7)11-6-8-2-1-5-12-13-8/h1-2,5,7H,3-4,6H2,(H2,10,11).